The number of para-hydroxylation sites is 1. The molecule has 17 heavy (non-hydrogen) atoms. The van der Waals surface area contributed by atoms with E-state index in [2.05, 4.69) is 17.9 Å². The molecule has 0 heterocycles. The molecule has 0 saturated carbocycles. The zero-order valence-electron chi connectivity index (χ0n) is 11.0. The fraction of sp³-hybridized carbons (Fsp3) is 0.571. The van der Waals surface area contributed by atoms with E-state index in [9.17, 15) is 5.11 Å². The summed E-state index contributed by atoms with van der Waals surface area (Å²) < 4.78 is 5.38. The lowest BCUT2D eigenvalue weighted by atomic mass is 10.1. The highest BCUT2D eigenvalue weighted by Crippen LogP contribution is 2.25. The van der Waals surface area contributed by atoms with Crippen molar-refractivity contribution in [2.75, 3.05) is 31.2 Å². The Morgan fingerprint density at radius 3 is 2.59 bits per heavy atom. The SMILES string of the molecule is CCOCCN(CC)c1ccccc1[C@H](C)O. The molecule has 0 amide bonds. The summed E-state index contributed by atoms with van der Waals surface area (Å²) in [5, 5.41) is 9.76. The Morgan fingerprint density at radius 1 is 1.29 bits per heavy atom. The molecule has 0 unspecified atom stereocenters. The minimum Gasteiger partial charge on any atom is -0.389 e. The van der Waals surface area contributed by atoms with Crippen molar-refractivity contribution in [3.8, 4) is 0 Å². The first kappa shape index (κ1) is 14.0. The second-order valence-electron chi connectivity index (χ2n) is 4.01. The van der Waals surface area contributed by atoms with Crippen LogP contribution >= 0.6 is 0 Å². The molecule has 3 nitrogen and oxygen atoms in total. The molecule has 1 aromatic rings. The summed E-state index contributed by atoms with van der Waals surface area (Å²) in [4.78, 5) is 2.23. The number of hydrogen-bond donors (Lipinski definition) is 1. The van der Waals surface area contributed by atoms with Crippen LogP contribution in [0, 0.1) is 0 Å². The first-order valence-corrected chi connectivity index (χ1v) is 6.30. The molecule has 0 aliphatic carbocycles. The van der Waals surface area contributed by atoms with Gasteiger partial charge in [-0.2, -0.15) is 0 Å². The first-order valence-electron chi connectivity index (χ1n) is 6.30. The molecule has 0 aromatic heterocycles. The first-order chi connectivity index (χ1) is 8.20. The van der Waals surface area contributed by atoms with E-state index in [0.29, 0.717) is 0 Å². The number of nitrogens with zero attached hydrogens (tertiary/aromatic N) is 1. The Morgan fingerprint density at radius 2 is 2.00 bits per heavy atom. The normalized spacial score (nSPS) is 12.5. The van der Waals surface area contributed by atoms with Crippen molar-refractivity contribution in [3.05, 3.63) is 29.8 Å². The molecular formula is C14H23NO2. The van der Waals surface area contributed by atoms with Gasteiger partial charge >= 0.3 is 0 Å². The molecule has 96 valence electrons. The molecule has 0 bridgehead atoms. The summed E-state index contributed by atoms with van der Waals surface area (Å²) >= 11 is 0. The molecule has 0 aliphatic rings. The van der Waals surface area contributed by atoms with Gasteiger partial charge in [-0.15, -0.1) is 0 Å². The molecular weight excluding hydrogens is 214 g/mol. The summed E-state index contributed by atoms with van der Waals surface area (Å²) in [5.41, 5.74) is 2.08. The third-order valence-corrected chi connectivity index (χ3v) is 2.82. The van der Waals surface area contributed by atoms with Crippen molar-refractivity contribution in [1.82, 2.24) is 0 Å². The van der Waals surface area contributed by atoms with Gasteiger partial charge in [0.1, 0.15) is 0 Å². The van der Waals surface area contributed by atoms with Crippen molar-refractivity contribution in [3.63, 3.8) is 0 Å². The van der Waals surface area contributed by atoms with Crippen molar-refractivity contribution < 1.29 is 9.84 Å². The van der Waals surface area contributed by atoms with Gasteiger partial charge in [-0.25, -0.2) is 0 Å². The van der Waals surface area contributed by atoms with E-state index in [1.165, 1.54) is 0 Å². The van der Waals surface area contributed by atoms with E-state index in [4.69, 9.17) is 4.74 Å². The standard InChI is InChI=1S/C14H23NO2/c1-4-15(10-11-17-5-2)14-9-7-6-8-13(14)12(3)16/h6-9,12,16H,4-5,10-11H2,1-3H3/t12-/m0/s1. The highest BCUT2D eigenvalue weighted by molar-refractivity contribution is 5.54. The average Bonchev–Trinajstić information content (AvgIpc) is 2.35. The summed E-state index contributed by atoms with van der Waals surface area (Å²) in [6, 6.07) is 7.99. The fourth-order valence-electron chi connectivity index (χ4n) is 1.90. The quantitative estimate of drug-likeness (QED) is 0.740. The van der Waals surface area contributed by atoms with Crippen LogP contribution in [0.1, 0.15) is 32.4 Å². The Bertz CT molecular complexity index is 326. The van der Waals surface area contributed by atoms with Gasteiger partial charge in [0.25, 0.3) is 0 Å². The van der Waals surface area contributed by atoms with Crippen molar-refractivity contribution in [2.24, 2.45) is 0 Å². The topological polar surface area (TPSA) is 32.7 Å². The maximum absolute atomic E-state index is 9.76. The third-order valence-electron chi connectivity index (χ3n) is 2.82. The summed E-state index contributed by atoms with van der Waals surface area (Å²) in [5.74, 6) is 0. The van der Waals surface area contributed by atoms with Crippen LogP contribution in [0.2, 0.25) is 0 Å². The second kappa shape index (κ2) is 7.30. The molecule has 0 radical (unpaired) electrons. The summed E-state index contributed by atoms with van der Waals surface area (Å²) in [6.45, 7) is 9.15. The van der Waals surface area contributed by atoms with Crippen molar-refractivity contribution in [2.45, 2.75) is 26.9 Å². The molecule has 1 atom stereocenters. The predicted octanol–water partition coefficient (Wildman–Crippen LogP) is 2.60. The Hall–Kier alpha value is -1.06. The van der Waals surface area contributed by atoms with Gasteiger partial charge in [-0.3, -0.25) is 0 Å². The molecule has 0 fully saturated rings. The van der Waals surface area contributed by atoms with Gasteiger partial charge in [0.05, 0.1) is 12.7 Å². The number of anilines is 1. The molecule has 1 rings (SSSR count). The van der Waals surface area contributed by atoms with E-state index in [1.807, 2.05) is 25.1 Å². The molecule has 0 saturated heterocycles. The van der Waals surface area contributed by atoms with Gasteiger partial charge in [-0.05, 0) is 26.8 Å². The highest BCUT2D eigenvalue weighted by Gasteiger charge is 2.12. The maximum atomic E-state index is 9.76. The van der Waals surface area contributed by atoms with E-state index in [1.54, 1.807) is 6.92 Å². The number of rotatable bonds is 7. The van der Waals surface area contributed by atoms with Crippen LogP contribution < -0.4 is 4.90 Å². The number of aliphatic hydroxyl groups excluding tert-OH is 1. The zero-order chi connectivity index (χ0) is 12.7. The van der Waals surface area contributed by atoms with E-state index < -0.39 is 6.10 Å². The lowest BCUT2D eigenvalue weighted by Gasteiger charge is -2.26. The van der Waals surface area contributed by atoms with Crippen LogP contribution in [0.5, 0.6) is 0 Å². The predicted molar refractivity (Wildman–Crippen MR) is 71.5 cm³/mol. The number of hydrogen-bond acceptors (Lipinski definition) is 3. The highest BCUT2D eigenvalue weighted by atomic mass is 16.5. The number of aliphatic hydroxyl groups is 1. The summed E-state index contributed by atoms with van der Waals surface area (Å²) in [6.07, 6.45) is -0.438. The largest absolute Gasteiger partial charge is 0.389 e. The molecule has 0 aliphatic heterocycles. The Kier molecular flexibility index (Phi) is 6.01. The molecule has 0 spiro atoms. The van der Waals surface area contributed by atoms with Crippen molar-refractivity contribution in [1.29, 1.82) is 0 Å². The van der Waals surface area contributed by atoms with Crippen LogP contribution in [0.15, 0.2) is 24.3 Å². The average molecular weight is 237 g/mol. The summed E-state index contributed by atoms with van der Waals surface area (Å²) in [7, 11) is 0. The van der Waals surface area contributed by atoms with Crippen LogP contribution in [0.4, 0.5) is 5.69 Å². The third kappa shape index (κ3) is 4.02. The maximum Gasteiger partial charge on any atom is 0.0781 e. The minimum atomic E-state index is -0.438. The van der Waals surface area contributed by atoms with Gasteiger partial charge in [0.15, 0.2) is 0 Å². The van der Waals surface area contributed by atoms with Crippen molar-refractivity contribution >= 4 is 5.69 Å². The van der Waals surface area contributed by atoms with Crippen LogP contribution in [0.3, 0.4) is 0 Å². The fourth-order valence-corrected chi connectivity index (χ4v) is 1.90. The van der Waals surface area contributed by atoms with Gasteiger partial charge in [-0.1, -0.05) is 18.2 Å². The molecule has 3 heteroatoms. The van der Waals surface area contributed by atoms with E-state index >= 15 is 0 Å². The lowest BCUT2D eigenvalue weighted by Crippen LogP contribution is -2.28. The van der Waals surface area contributed by atoms with Crippen LogP contribution in [0.25, 0.3) is 0 Å². The van der Waals surface area contributed by atoms with Crippen LogP contribution in [-0.4, -0.2) is 31.4 Å². The zero-order valence-corrected chi connectivity index (χ0v) is 11.0. The number of likely N-dealkylation sites (N-methyl/N-ethyl adjacent to an activating group) is 1. The van der Waals surface area contributed by atoms with Gasteiger partial charge in [0, 0.05) is 30.9 Å². The number of benzene rings is 1. The molecule has 1 N–H and O–H groups in total. The Labute approximate surface area is 104 Å². The number of ether oxygens (including phenoxy) is 1. The Balaban J connectivity index is 2.79. The van der Waals surface area contributed by atoms with E-state index in [-0.39, 0.29) is 0 Å². The smallest absolute Gasteiger partial charge is 0.0781 e. The van der Waals surface area contributed by atoms with Crippen LogP contribution in [-0.2, 0) is 4.74 Å². The van der Waals surface area contributed by atoms with Gasteiger partial charge < -0.3 is 14.7 Å². The monoisotopic (exact) mass is 237 g/mol. The van der Waals surface area contributed by atoms with Gasteiger partial charge in [0.2, 0.25) is 0 Å². The molecule has 1 aromatic carbocycles. The second-order valence-corrected chi connectivity index (χ2v) is 4.01. The van der Waals surface area contributed by atoms with E-state index in [0.717, 1.165) is 37.6 Å². The lowest BCUT2D eigenvalue weighted by molar-refractivity contribution is 0.153. The minimum absolute atomic E-state index is 0.438.